The van der Waals surface area contributed by atoms with Gasteiger partial charge in [0.05, 0.1) is 17.4 Å². The molecule has 0 saturated heterocycles. The average Bonchev–Trinajstić information content (AvgIpc) is 3.13. The third-order valence-corrected chi connectivity index (χ3v) is 2.83. The molecule has 90 valence electrons. The van der Waals surface area contributed by atoms with Gasteiger partial charge in [0, 0.05) is 12.6 Å². The van der Waals surface area contributed by atoms with Crippen LogP contribution in [0.4, 0.5) is 10.1 Å². The average molecular weight is 235 g/mol. The highest BCUT2D eigenvalue weighted by Crippen LogP contribution is 2.24. The highest BCUT2D eigenvalue weighted by Gasteiger charge is 2.22. The molecule has 1 aromatic rings. The van der Waals surface area contributed by atoms with E-state index in [4.69, 9.17) is 11.0 Å². The number of nitrogen functional groups attached to an aromatic ring is 1. The Labute approximate surface area is 98.9 Å². The second kappa shape index (κ2) is 4.70. The molecule has 0 aliphatic heterocycles. The predicted molar refractivity (Wildman–Crippen MR) is 61.5 cm³/mol. The zero-order chi connectivity index (χ0) is 12.4. The van der Waals surface area contributed by atoms with Gasteiger partial charge >= 0.3 is 0 Å². The first-order chi connectivity index (χ1) is 8.11. The van der Waals surface area contributed by atoms with Gasteiger partial charge in [-0.2, -0.15) is 5.26 Å². The maximum Gasteiger partial charge on any atom is 0.147 e. The lowest BCUT2D eigenvalue weighted by Gasteiger charge is -2.13. The van der Waals surface area contributed by atoms with Crippen molar-refractivity contribution in [1.82, 2.24) is 5.32 Å². The fraction of sp³-hybridized carbons (Fsp3) is 0.417. The van der Waals surface area contributed by atoms with Gasteiger partial charge in [-0.05, 0) is 30.5 Å². The van der Waals surface area contributed by atoms with Crippen molar-refractivity contribution in [3.8, 4) is 6.07 Å². The van der Waals surface area contributed by atoms with Gasteiger partial charge in [-0.25, -0.2) is 4.39 Å². The molecule has 0 heterocycles. The Morgan fingerprint density at radius 1 is 1.59 bits per heavy atom. The highest BCUT2D eigenvalue weighted by atomic mass is 19.1. The van der Waals surface area contributed by atoms with Crippen LogP contribution >= 0.6 is 0 Å². The molecule has 1 unspecified atom stereocenters. The molecule has 1 aliphatic rings. The molecule has 0 bridgehead atoms. The quantitative estimate of drug-likeness (QED) is 0.682. The summed E-state index contributed by atoms with van der Waals surface area (Å²) in [7, 11) is 0. The Hall–Kier alpha value is -1.64. The molecule has 1 fully saturated rings. The summed E-state index contributed by atoms with van der Waals surface area (Å²) in [5, 5.41) is 21.8. The first-order valence-electron chi connectivity index (χ1n) is 5.52. The van der Waals surface area contributed by atoms with Crippen LogP contribution in [0.25, 0.3) is 0 Å². The Balaban J connectivity index is 2.13. The third-order valence-electron chi connectivity index (χ3n) is 2.83. The lowest BCUT2D eigenvalue weighted by molar-refractivity contribution is 0.174. The van der Waals surface area contributed by atoms with Crippen LogP contribution in [0, 0.1) is 17.1 Å². The van der Waals surface area contributed by atoms with Crippen molar-refractivity contribution in [3.63, 3.8) is 0 Å². The number of benzene rings is 1. The van der Waals surface area contributed by atoms with Gasteiger partial charge in [0.25, 0.3) is 0 Å². The number of halogens is 1. The van der Waals surface area contributed by atoms with Gasteiger partial charge in [-0.3, -0.25) is 0 Å². The van der Waals surface area contributed by atoms with Crippen molar-refractivity contribution in [2.75, 3.05) is 12.3 Å². The second-order valence-electron chi connectivity index (χ2n) is 4.27. The number of aliphatic hydroxyl groups excluding tert-OH is 1. The molecule has 1 aliphatic carbocycles. The molecule has 5 heteroatoms. The van der Waals surface area contributed by atoms with Gasteiger partial charge in [0.2, 0.25) is 0 Å². The maximum atomic E-state index is 13.4. The smallest absolute Gasteiger partial charge is 0.147 e. The number of rotatable bonds is 4. The van der Waals surface area contributed by atoms with Crippen LogP contribution in [0.15, 0.2) is 12.1 Å². The molecular formula is C12H14FN3O. The number of nitrogens with one attached hydrogen (secondary N) is 1. The van der Waals surface area contributed by atoms with Crippen LogP contribution < -0.4 is 11.1 Å². The van der Waals surface area contributed by atoms with Crippen LogP contribution in [0.1, 0.15) is 30.1 Å². The molecule has 1 atom stereocenters. The standard InChI is InChI=1S/C12H14FN3O/c13-10-4-7(3-8(5-14)12(10)15)11(17)6-16-9-1-2-9/h3-4,9,11,16-17H,1-2,6,15H2. The van der Waals surface area contributed by atoms with Gasteiger partial charge < -0.3 is 16.2 Å². The van der Waals surface area contributed by atoms with Crippen molar-refractivity contribution in [2.24, 2.45) is 0 Å². The molecule has 1 aromatic carbocycles. The van der Waals surface area contributed by atoms with E-state index in [0.29, 0.717) is 18.2 Å². The predicted octanol–water partition coefficient (Wildman–Crippen LogP) is 1.06. The van der Waals surface area contributed by atoms with Crippen LogP contribution in [0.3, 0.4) is 0 Å². The summed E-state index contributed by atoms with van der Waals surface area (Å²) < 4.78 is 13.4. The van der Waals surface area contributed by atoms with E-state index < -0.39 is 11.9 Å². The van der Waals surface area contributed by atoms with E-state index in [1.165, 1.54) is 12.1 Å². The van der Waals surface area contributed by atoms with Gasteiger partial charge in [-0.1, -0.05) is 0 Å². The molecule has 0 aromatic heterocycles. The monoisotopic (exact) mass is 235 g/mol. The fourth-order valence-electron chi connectivity index (χ4n) is 1.61. The van der Waals surface area contributed by atoms with Crippen LogP contribution in [0.2, 0.25) is 0 Å². The summed E-state index contributed by atoms with van der Waals surface area (Å²) in [6.45, 7) is 0.360. The Kier molecular flexibility index (Phi) is 3.27. The van der Waals surface area contributed by atoms with Gasteiger partial charge in [0.1, 0.15) is 11.9 Å². The first kappa shape index (κ1) is 11.8. The van der Waals surface area contributed by atoms with Crippen molar-refractivity contribution < 1.29 is 9.50 Å². The lowest BCUT2D eigenvalue weighted by atomic mass is 10.0. The highest BCUT2D eigenvalue weighted by molar-refractivity contribution is 5.56. The second-order valence-corrected chi connectivity index (χ2v) is 4.27. The number of anilines is 1. The molecule has 2 rings (SSSR count). The first-order valence-corrected chi connectivity index (χ1v) is 5.52. The number of aliphatic hydroxyl groups is 1. The van der Waals surface area contributed by atoms with E-state index in [2.05, 4.69) is 5.32 Å². The summed E-state index contributed by atoms with van der Waals surface area (Å²) in [6.07, 6.45) is 1.41. The van der Waals surface area contributed by atoms with E-state index >= 15 is 0 Å². The van der Waals surface area contributed by atoms with Crippen LogP contribution in [0.5, 0.6) is 0 Å². The van der Waals surface area contributed by atoms with Crippen LogP contribution in [-0.2, 0) is 0 Å². The lowest BCUT2D eigenvalue weighted by Crippen LogP contribution is -2.23. The number of nitriles is 1. The van der Waals surface area contributed by atoms with E-state index in [0.717, 1.165) is 12.8 Å². The number of hydrogen-bond donors (Lipinski definition) is 3. The Morgan fingerprint density at radius 3 is 2.88 bits per heavy atom. The third kappa shape index (κ3) is 2.73. The maximum absolute atomic E-state index is 13.4. The molecule has 1 saturated carbocycles. The Morgan fingerprint density at radius 2 is 2.29 bits per heavy atom. The number of nitrogens with zero attached hydrogens (tertiary/aromatic N) is 1. The largest absolute Gasteiger partial charge is 0.395 e. The SMILES string of the molecule is N#Cc1cc(C(O)CNC2CC2)cc(F)c1N. The summed E-state index contributed by atoms with van der Waals surface area (Å²) in [6, 6.07) is 4.89. The molecule has 0 spiro atoms. The van der Waals surface area contributed by atoms with Crippen molar-refractivity contribution >= 4 is 5.69 Å². The number of nitrogens with two attached hydrogens (primary N) is 1. The normalized spacial score (nSPS) is 16.5. The Bertz CT molecular complexity index is 466. The molecule has 17 heavy (non-hydrogen) atoms. The summed E-state index contributed by atoms with van der Waals surface area (Å²) in [5.41, 5.74) is 5.67. The summed E-state index contributed by atoms with van der Waals surface area (Å²) in [4.78, 5) is 0. The molecule has 4 N–H and O–H groups in total. The van der Waals surface area contributed by atoms with Gasteiger partial charge in [0.15, 0.2) is 0 Å². The van der Waals surface area contributed by atoms with E-state index in [1.54, 1.807) is 0 Å². The fourth-order valence-corrected chi connectivity index (χ4v) is 1.61. The van der Waals surface area contributed by atoms with Crippen LogP contribution in [-0.4, -0.2) is 17.7 Å². The van der Waals surface area contributed by atoms with Crippen molar-refractivity contribution in [1.29, 1.82) is 5.26 Å². The number of hydrogen-bond acceptors (Lipinski definition) is 4. The molecule has 4 nitrogen and oxygen atoms in total. The topological polar surface area (TPSA) is 82.1 Å². The van der Waals surface area contributed by atoms with E-state index in [9.17, 15) is 9.50 Å². The van der Waals surface area contributed by atoms with E-state index in [1.807, 2.05) is 6.07 Å². The van der Waals surface area contributed by atoms with Crippen molar-refractivity contribution in [3.05, 3.63) is 29.1 Å². The zero-order valence-corrected chi connectivity index (χ0v) is 9.28. The van der Waals surface area contributed by atoms with Crippen molar-refractivity contribution in [2.45, 2.75) is 25.0 Å². The minimum Gasteiger partial charge on any atom is -0.395 e. The minimum absolute atomic E-state index is 0.0606. The minimum atomic E-state index is -0.821. The molecule has 0 radical (unpaired) electrons. The van der Waals surface area contributed by atoms with Gasteiger partial charge in [-0.15, -0.1) is 0 Å². The zero-order valence-electron chi connectivity index (χ0n) is 9.28. The molecule has 0 amide bonds. The summed E-state index contributed by atoms with van der Waals surface area (Å²) >= 11 is 0. The molecular weight excluding hydrogens is 221 g/mol. The van der Waals surface area contributed by atoms with E-state index in [-0.39, 0.29) is 11.3 Å². The summed E-state index contributed by atoms with van der Waals surface area (Å²) in [5.74, 6) is -0.662.